The van der Waals surface area contributed by atoms with Gasteiger partial charge in [0.1, 0.15) is 0 Å². The van der Waals surface area contributed by atoms with Gasteiger partial charge in [-0.2, -0.15) is 0 Å². The molecule has 1 fully saturated rings. The van der Waals surface area contributed by atoms with E-state index >= 15 is 0 Å². The van der Waals surface area contributed by atoms with E-state index in [4.69, 9.17) is 11.6 Å². The molecule has 0 bridgehead atoms. The molecule has 6 nitrogen and oxygen atoms in total. The van der Waals surface area contributed by atoms with Gasteiger partial charge in [0, 0.05) is 36.1 Å². The maximum absolute atomic E-state index is 12.2. The molecule has 1 aliphatic heterocycles. The second kappa shape index (κ2) is 6.11. The molecule has 22 heavy (non-hydrogen) atoms. The molecule has 1 N–H and O–H groups in total. The van der Waals surface area contributed by atoms with Gasteiger partial charge in [0.2, 0.25) is 17.8 Å². The summed E-state index contributed by atoms with van der Waals surface area (Å²) in [6.45, 7) is 0.332. The fraction of sp³-hybridized carbons (Fsp3) is 0.200. The van der Waals surface area contributed by atoms with Crippen LogP contribution in [0.3, 0.4) is 0 Å². The minimum atomic E-state index is -0.424. The lowest BCUT2D eigenvalue weighted by molar-refractivity contribution is -0.122. The molecular weight excluding hydrogens is 304 g/mol. The first-order valence-corrected chi connectivity index (χ1v) is 7.15. The molecule has 0 unspecified atom stereocenters. The van der Waals surface area contributed by atoms with Crippen LogP contribution in [0.4, 0.5) is 11.6 Å². The van der Waals surface area contributed by atoms with Crippen LogP contribution >= 0.6 is 11.6 Å². The highest BCUT2D eigenvalue weighted by Gasteiger charge is 2.35. The van der Waals surface area contributed by atoms with Gasteiger partial charge < -0.3 is 4.90 Å². The molecule has 2 amide bonds. The zero-order valence-corrected chi connectivity index (χ0v) is 12.3. The van der Waals surface area contributed by atoms with E-state index in [1.165, 1.54) is 0 Å². The third kappa shape index (κ3) is 3.07. The monoisotopic (exact) mass is 316 g/mol. The first-order valence-electron chi connectivity index (χ1n) is 6.77. The molecule has 0 spiro atoms. The number of nitrogens with zero attached hydrogens (tertiary/aromatic N) is 3. The Morgan fingerprint density at radius 1 is 1.23 bits per heavy atom. The van der Waals surface area contributed by atoms with E-state index in [9.17, 15) is 9.59 Å². The number of hydrogen-bond donors (Lipinski definition) is 1. The van der Waals surface area contributed by atoms with E-state index < -0.39 is 5.92 Å². The van der Waals surface area contributed by atoms with Crippen molar-refractivity contribution in [3.63, 3.8) is 0 Å². The third-order valence-electron chi connectivity index (χ3n) is 3.43. The average Bonchev–Trinajstić information content (AvgIpc) is 2.91. The number of halogens is 1. The Bertz CT molecular complexity index is 690. The van der Waals surface area contributed by atoms with E-state index in [2.05, 4.69) is 15.3 Å². The van der Waals surface area contributed by atoms with Crippen molar-refractivity contribution < 1.29 is 9.59 Å². The van der Waals surface area contributed by atoms with E-state index in [0.29, 0.717) is 11.6 Å². The van der Waals surface area contributed by atoms with Gasteiger partial charge in [-0.15, -0.1) is 0 Å². The van der Waals surface area contributed by atoms with Crippen LogP contribution in [0, 0.1) is 5.92 Å². The second-order valence-corrected chi connectivity index (χ2v) is 5.38. The predicted molar refractivity (Wildman–Crippen MR) is 82.6 cm³/mol. The minimum Gasteiger partial charge on any atom is -0.312 e. The molecule has 0 radical (unpaired) electrons. The van der Waals surface area contributed by atoms with Crippen LogP contribution in [0.5, 0.6) is 0 Å². The number of rotatable bonds is 3. The van der Waals surface area contributed by atoms with Crippen molar-refractivity contribution in [1.29, 1.82) is 0 Å². The molecule has 2 aromatic rings. The van der Waals surface area contributed by atoms with Crippen LogP contribution in [-0.2, 0) is 9.59 Å². The van der Waals surface area contributed by atoms with E-state index in [1.807, 2.05) is 0 Å². The minimum absolute atomic E-state index is 0.0866. The summed E-state index contributed by atoms with van der Waals surface area (Å²) in [6.07, 6.45) is 3.26. The van der Waals surface area contributed by atoms with Crippen molar-refractivity contribution in [2.24, 2.45) is 5.92 Å². The quantitative estimate of drug-likeness (QED) is 0.941. The topological polar surface area (TPSA) is 75.2 Å². The molecule has 1 aromatic heterocycles. The normalized spacial score (nSPS) is 17.6. The summed E-state index contributed by atoms with van der Waals surface area (Å²) in [6, 6.07) is 8.63. The van der Waals surface area contributed by atoms with Gasteiger partial charge in [-0.05, 0) is 30.3 Å². The lowest BCUT2D eigenvalue weighted by atomic mass is 10.1. The number of carbonyl (C=O) groups excluding carboxylic acids is 2. The average molecular weight is 317 g/mol. The number of anilines is 2. The summed E-state index contributed by atoms with van der Waals surface area (Å²) in [5.74, 6) is -0.524. The lowest BCUT2D eigenvalue weighted by Crippen LogP contribution is -2.28. The Morgan fingerprint density at radius 2 is 1.91 bits per heavy atom. The van der Waals surface area contributed by atoms with Crippen molar-refractivity contribution in [2.45, 2.75) is 6.42 Å². The van der Waals surface area contributed by atoms with Crippen LogP contribution in [0.25, 0.3) is 0 Å². The SMILES string of the molecule is O=C(Nc1ncccn1)[C@@H]1CC(=O)N(c2ccc(Cl)cc2)C1. The molecule has 3 rings (SSSR count). The van der Waals surface area contributed by atoms with Gasteiger partial charge in [-0.1, -0.05) is 11.6 Å². The van der Waals surface area contributed by atoms with Crippen molar-refractivity contribution in [1.82, 2.24) is 9.97 Å². The van der Waals surface area contributed by atoms with Crippen LogP contribution < -0.4 is 10.2 Å². The van der Waals surface area contributed by atoms with Crippen LogP contribution in [0.2, 0.25) is 5.02 Å². The summed E-state index contributed by atoms with van der Waals surface area (Å²) in [5.41, 5.74) is 0.737. The smallest absolute Gasteiger partial charge is 0.232 e. The molecule has 1 aromatic carbocycles. The van der Waals surface area contributed by atoms with Gasteiger partial charge in [0.25, 0.3) is 0 Å². The Morgan fingerprint density at radius 3 is 2.59 bits per heavy atom. The zero-order chi connectivity index (χ0) is 15.5. The van der Waals surface area contributed by atoms with Gasteiger partial charge in [0.15, 0.2) is 0 Å². The molecule has 0 saturated carbocycles. The second-order valence-electron chi connectivity index (χ2n) is 4.94. The maximum atomic E-state index is 12.2. The Kier molecular flexibility index (Phi) is 4.02. The fourth-order valence-corrected chi connectivity index (χ4v) is 2.46. The standard InChI is InChI=1S/C15H13ClN4O2/c16-11-2-4-12(5-3-11)20-9-10(8-13(20)21)14(22)19-15-17-6-1-7-18-15/h1-7,10H,8-9H2,(H,17,18,19,22)/t10-/m1/s1. The molecular formula is C15H13ClN4O2. The molecule has 0 aliphatic carbocycles. The molecule has 2 heterocycles. The van der Waals surface area contributed by atoms with Gasteiger partial charge in [0.05, 0.1) is 5.92 Å². The number of benzene rings is 1. The molecule has 1 atom stereocenters. The summed E-state index contributed by atoms with van der Waals surface area (Å²) >= 11 is 5.84. The first-order chi connectivity index (χ1) is 10.6. The number of aromatic nitrogens is 2. The molecule has 112 valence electrons. The Hall–Kier alpha value is -2.47. The molecule has 1 aliphatic rings. The van der Waals surface area contributed by atoms with E-state index in [1.54, 1.807) is 47.6 Å². The van der Waals surface area contributed by atoms with Crippen LogP contribution in [-0.4, -0.2) is 28.3 Å². The Balaban J connectivity index is 1.69. The van der Waals surface area contributed by atoms with Gasteiger partial charge in [-0.3, -0.25) is 14.9 Å². The van der Waals surface area contributed by atoms with Crippen LogP contribution in [0.1, 0.15) is 6.42 Å². The highest BCUT2D eigenvalue weighted by atomic mass is 35.5. The zero-order valence-electron chi connectivity index (χ0n) is 11.6. The van der Waals surface area contributed by atoms with Crippen molar-refractivity contribution in [3.8, 4) is 0 Å². The van der Waals surface area contributed by atoms with Crippen molar-refractivity contribution >= 4 is 35.1 Å². The predicted octanol–water partition coefficient (Wildman–Crippen LogP) is 2.12. The lowest BCUT2D eigenvalue weighted by Gasteiger charge is -2.16. The van der Waals surface area contributed by atoms with Crippen LogP contribution in [0.15, 0.2) is 42.7 Å². The fourth-order valence-electron chi connectivity index (χ4n) is 2.33. The van der Waals surface area contributed by atoms with Crippen molar-refractivity contribution in [3.05, 3.63) is 47.7 Å². The van der Waals surface area contributed by atoms with Crippen molar-refractivity contribution in [2.75, 3.05) is 16.8 Å². The highest BCUT2D eigenvalue weighted by Crippen LogP contribution is 2.26. The van der Waals surface area contributed by atoms with Gasteiger partial charge in [-0.25, -0.2) is 9.97 Å². The summed E-state index contributed by atoms with van der Waals surface area (Å²) < 4.78 is 0. The number of amides is 2. The molecule has 7 heteroatoms. The van der Waals surface area contributed by atoms with E-state index in [-0.39, 0.29) is 24.2 Å². The Labute approximate surface area is 132 Å². The number of nitrogens with one attached hydrogen (secondary N) is 1. The summed E-state index contributed by atoms with van der Waals surface area (Å²) in [5, 5.41) is 3.23. The summed E-state index contributed by atoms with van der Waals surface area (Å²) in [7, 11) is 0. The van der Waals surface area contributed by atoms with Gasteiger partial charge >= 0.3 is 0 Å². The number of carbonyl (C=O) groups is 2. The molecule has 1 saturated heterocycles. The largest absolute Gasteiger partial charge is 0.312 e. The maximum Gasteiger partial charge on any atom is 0.232 e. The first kappa shape index (κ1) is 14.5. The number of hydrogen-bond acceptors (Lipinski definition) is 4. The van der Waals surface area contributed by atoms with E-state index in [0.717, 1.165) is 5.69 Å². The highest BCUT2D eigenvalue weighted by molar-refractivity contribution is 6.30. The summed E-state index contributed by atoms with van der Waals surface area (Å²) in [4.78, 5) is 33.8. The third-order valence-corrected chi connectivity index (χ3v) is 3.69.